The van der Waals surface area contributed by atoms with Gasteiger partial charge in [0.1, 0.15) is 17.3 Å². The molecule has 2 heterocycles. The van der Waals surface area contributed by atoms with Crippen molar-refractivity contribution in [2.45, 2.75) is 26.2 Å². The molecule has 1 saturated heterocycles. The Balaban J connectivity index is 0.00000141. The smallest absolute Gasteiger partial charge is 0.185 e. The van der Waals surface area contributed by atoms with Crippen molar-refractivity contribution >= 4 is 44.9 Å². The molecule has 0 unspecified atom stereocenters. The number of anilines is 1. The average molecular weight is 539 g/mol. The van der Waals surface area contributed by atoms with Gasteiger partial charge in [0.15, 0.2) is 5.78 Å². The van der Waals surface area contributed by atoms with Crippen LogP contribution >= 0.6 is 15.9 Å². The highest BCUT2D eigenvalue weighted by molar-refractivity contribution is 9.10. The molecule has 0 spiro atoms. The highest BCUT2D eigenvalue weighted by Gasteiger charge is 2.22. The van der Waals surface area contributed by atoms with Gasteiger partial charge >= 0.3 is 0 Å². The number of carbonyl (C=O) groups excluding carboxylic acids is 1. The first-order chi connectivity index (χ1) is 16.9. The van der Waals surface area contributed by atoms with Gasteiger partial charge in [0.2, 0.25) is 0 Å². The fourth-order valence-electron chi connectivity index (χ4n) is 4.41. The highest BCUT2D eigenvalue weighted by Crippen LogP contribution is 2.28. The third kappa shape index (κ3) is 5.17. The molecule has 0 atom stereocenters. The molecule has 3 aromatic carbocycles. The average Bonchev–Trinajstić information content (AvgIpc) is 3.52. The van der Waals surface area contributed by atoms with Gasteiger partial charge in [-0.15, -0.1) is 0 Å². The zero-order valence-electron chi connectivity index (χ0n) is 19.3. The molecule has 5 rings (SSSR count). The monoisotopic (exact) mass is 538 g/mol. The summed E-state index contributed by atoms with van der Waals surface area (Å²) in [6, 6.07) is 15.8. The van der Waals surface area contributed by atoms with Crippen molar-refractivity contribution in [1.29, 1.82) is 5.41 Å². The second kappa shape index (κ2) is 10.5. The van der Waals surface area contributed by atoms with E-state index in [-0.39, 0.29) is 23.5 Å². The lowest BCUT2D eigenvalue weighted by Gasteiger charge is -2.19. The van der Waals surface area contributed by atoms with Gasteiger partial charge in [-0.25, -0.2) is 13.5 Å². The summed E-state index contributed by atoms with van der Waals surface area (Å²) in [5.74, 6) is -1.38. The van der Waals surface area contributed by atoms with Crippen LogP contribution in [0.2, 0.25) is 0 Å². The minimum atomic E-state index is -0.564. The number of ketones is 1. The molecule has 180 valence electrons. The predicted molar refractivity (Wildman–Crippen MR) is 139 cm³/mol. The van der Waals surface area contributed by atoms with Crippen LogP contribution in [0.1, 0.15) is 34.6 Å². The van der Waals surface area contributed by atoms with Crippen LogP contribution in [0.4, 0.5) is 14.5 Å². The van der Waals surface area contributed by atoms with Crippen molar-refractivity contribution in [2.75, 3.05) is 18.0 Å². The standard InChI is InChI=1S/C26H22BrF2N3O.CH3N/c1-16-10-25(32(30-16)21-7-5-17-11-20(27)6-4-18(17)12-21)26(33)14-19-13-23(29)24(15-22(19)28)31-8-2-3-9-31;1-2/h4-7,10-13,15H,2-3,8-9,14H2,1H3;2H,1H2. The van der Waals surface area contributed by atoms with E-state index in [1.807, 2.05) is 41.3 Å². The number of benzene rings is 3. The van der Waals surface area contributed by atoms with Crippen LogP contribution in [0.25, 0.3) is 16.5 Å². The number of nitrogens with one attached hydrogen (secondary N) is 1. The fraction of sp³-hybridized carbons (Fsp3) is 0.222. The van der Waals surface area contributed by atoms with Crippen molar-refractivity contribution in [3.63, 3.8) is 0 Å². The Morgan fingerprint density at radius 3 is 2.43 bits per heavy atom. The molecule has 0 radical (unpaired) electrons. The predicted octanol–water partition coefficient (Wildman–Crippen LogP) is 6.67. The van der Waals surface area contributed by atoms with Gasteiger partial charge in [-0.3, -0.25) is 4.79 Å². The number of aryl methyl sites for hydroxylation is 1. The lowest BCUT2D eigenvalue weighted by atomic mass is 10.0. The van der Waals surface area contributed by atoms with E-state index >= 15 is 0 Å². The van der Waals surface area contributed by atoms with E-state index in [4.69, 9.17) is 5.41 Å². The quantitative estimate of drug-likeness (QED) is 0.228. The number of hydrogen-bond acceptors (Lipinski definition) is 4. The molecule has 1 aliphatic heterocycles. The highest BCUT2D eigenvalue weighted by atomic mass is 79.9. The van der Waals surface area contributed by atoms with Crippen LogP contribution < -0.4 is 4.90 Å². The van der Waals surface area contributed by atoms with Crippen LogP contribution in [0, 0.1) is 24.0 Å². The van der Waals surface area contributed by atoms with Crippen molar-refractivity contribution < 1.29 is 13.6 Å². The van der Waals surface area contributed by atoms with Crippen molar-refractivity contribution in [2.24, 2.45) is 0 Å². The lowest BCUT2D eigenvalue weighted by molar-refractivity contribution is 0.0984. The Kier molecular flexibility index (Phi) is 7.40. The van der Waals surface area contributed by atoms with Gasteiger partial charge in [-0.05, 0) is 79.2 Å². The van der Waals surface area contributed by atoms with E-state index in [1.165, 1.54) is 6.07 Å². The Morgan fingerprint density at radius 2 is 1.69 bits per heavy atom. The minimum Gasteiger partial charge on any atom is -0.369 e. The van der Waals surface area contributed by atoms with Crippen molar-refractivity contribution in [1.82, 2.24) is 9.78 Å². The van der Waals surface area contributed by atoms with Crippen LogP contribution in [0.15, 0.2) is 59.1 Å². The summed E-state index contributed by atoms with van der Waals surface area (Å²) in [4.78, 5) is 15.0. The molecule has 0 amide bonds. The number of fused-ring (bicyclic) bond motifs is 1. The largest absolute Gasteiger partial charge is 0.369 e. The molecule has 8 heteroatoms. The summed E-state index contributed by atoms with van der Waals surface area (Å²) >= 11 is 3.47. The molecular formula is C27H25BrF2N4O. The summed E-state index contributed by atoms with van der Waals surface area (Å²) < 4.78 is 32.1. The zero-order valence-corrected chi connectivity index (χ0v) is 20.9. The first-order valence-corrected chi connectivity index (χ1v) is 12.1. The summed E-state index contributed by atoms with van der Waals surface area (Å²) in [6.45, 7) is 5.74. The third-order valence-corrected chi connectivity index (χ3v) is 6.55. The molecule has 1 aromatic heterocycles. The maximum Gasteiger partial charge on any atom is 0.185 e. The van der Waals surface area contributed by atoms with E-state index in [1.54, 1.807) is 17.7 Å². The number of nitrogens with zero attached hydrogens (tertiary/aromatic N) is 3. The number of hydrogen-bond donors (Lipinski definition) is 1. The summed E-state index contributed by atoms with van der Waals surface area (Å²) in [5.41, 5.74) is 2.06. The number of halogens is 3. The van der Waals surface area contributed by atoms with Crippen LogP contribution in [0.5, 0.6) is 0 Å². The van der Waals surface area contributed by atoms with Gasteiger partial charge in [0, 0.05) is 30.0 Å². The molecule has 0 aliphatic carbocycles. The maximum atomic E-state index is 14.8. The van der Waals surface area contributed by atoms with E-state index in [0.717, 1.165) is 52.9 Å². The van der Waals surface area contributed by atoms with Crippen molar-refractivity contribution in [3.8, 4) is 5.69 Å². The van der Waals surface area contributed by atoms with E-state index < -0.39 is 11.6 Å². The Morgan fingerprint density at radius 1 is 1.00 bits per heavy atom. The second-order valence-corrected chi connectivity index (χ2v) is 9.36. The first-order valence-electron chi connectivity index (χ1n) is 11.3. The van der Waals surface area contributed by atoms with E-state index in [9.17, 15) is 13.6 Å². The van der Waals surface area contributed by atoms with Gasteiger partial charge in [-0.1, -0.05) is 28.1 Å². The number of rotatable bonds is 5. The van der Waals surface area contributed by atoms with Crippen LogP contribution in [-0.4, -0.2) is 35.4 Å². The third-order valence-electron chi connectivity index (χ3n) is 6.06. The van der Waals surface area contributed by atoms with E-state index in [0.29, 0.717) is 11.4 Å². The molecular weight excluding hydrogens is 514 g/mol. The Labute approximate surface area is 211 Å². The molecule has 4 aromatic rings. The summed E-state index contributed by atoms with van der Waals surface area (Å²) in [6.07, 6.45) is 1.70. The normalized spacial score (nSPS) is 13.1. The Bertz CT molecular complexity index is 1400. The molecule has 0 saturated carbocycles. The van der Waals surface area contributed by atoms with Gasteiger partial charge in [0.05, 0.1) is 17.1 Å². The zero-order chi connectivity index (χ0) is 25.1. The molecule has 0 bridgehead atoms. The molecule has 1 aliphatic rings. The lowest BCUT2D eigenvalue weighted by Crippen LogP contribution is -2.20. The fourth-order valence-corrected chi connectivity index (χ4v) is 4.79. The van der Waals surface area contributed by atoms with E-state index in [2.05, 4.69) is 27.7 Å². The summed E-state index contributed by atoms with van der Waals surface area (Å²) in [5, 5.41) is 12.0. The number of carbonyl (C=O) groups is 1. The molecule has 1 N–H and O–H groups in total. The van der Waals surface area contributed by atoms with Crippen LogP contribution in [-0.2, 0) is 6.42 Å². The second-order valence-electron chi connectivity index (χ2n) is 8.45. The van der Waals surface area contributed by atoms with Gasteiger partial charge < -0.3 is 10.3 Å². The topological polar surface area (TPSA) is 62.0 Å². The number of aromatic nitrogens is 2. The molecule has 35 heavy (non-hydrogen) atoms. The van der Waals surface area contributed by atoms with Gasteiger partial charge in [0.25, 0.3) is 0 Å². The van der Waals surface area contributed by atoms with Crippen molar-refractivity contribution in [3.05, 3.63) is 87.7 Å². The minimum absolute atomic E-state index is 0.0502. The Hall–Kier alpha value is -3.39. The number of Topliss-reactive ketones (excluding diaryl/α,β-unsaturated/α-hetero) is 1. The molecule has 5 nitrogen and oxygen atoms in total. The SMILES string of the molecule is C=N.Cc1cc(C(=O)Cc2cc(F)c(N3CCCC3)cc2F)n(-c2ccc3cc(Br)ccc3c2)n1. The summed E-state index contributed by atoms with van der Waals surface area (Å²) in [7, 11) is 0. The van der Waals surface area contributed by atoms with Gasteiger partial charge in [-0.2, -0.15) is 5.10 Å². The molecule has 1 fully saturated rings. The van der Waals surface area contributed by atoms with Crippen LogP contribution in [0.3, 0.4) is 0 Å². The maximum absolute atomic E-state index is 14.8. The first kappa shape index (κ1) is 24.7.